The molecule has 1 aliphatic heterocycles. The van der Waals surface area contributed by atoms with Crippen molar-refractivity contribution in [2.24, 2.45) is 5.92 Å². The van der Waals surface area contributed by atoms with Crippen molar-refractivity contribution in [2.45, 2.75) is 17.7 Å². The van der Waals surface area contributed by atoms with Crippen molar-refractivity contribution in [3.8, 4) is 0 Å². The highest BCUT2D eigenvalue weighted by atomic mass is 79.9. The minimum absolute atomic E-state index is 0.000327. The minimum Gasteiger partial charge on any atom is -0.339 e. The largest absolute Gasteiger partial charge is 0.339 e. The van der Waals surface area contributed by atoms with Crippen molar-refractivity contribution in [3.63, 3.8) is 0 Å². The maximum absolute atomic E-state index is 12.4. The van der Waals surface area contributed by atoms with Crippen molar-refractivity contribution in [2.75, 3.05) is 19.6 Å². The molecule has 0 unspecified atom stereocenters. The molecule has 2 heterocycles. The number of piperidine rings is 1. The third kappa shape index (κ3) is 4.49. The first-order valence-electron chi connectivity index (χ1n) is 8.41. The van der Waals surface area contributed by atoms with Crippen LogP contribution in [0, 0.1) is 5.92 Å². The Hall–Kier alpha value is -1.77. The third-order valence-electron chi connectivity index (χ3n) is 4.52. The Morgan fingerprint density at radius 2 is 1.81 bits per heavy atom. The molecule has 0 atom stereocenters. The van der Waals surface area contributed by atoms with E-state index in [-0.39, 0.29) is 16.7 Å². The summed E-state index contributed by atoms with van der Waals surface area (Å²) in [5.74, 6) is 0.216. The lowest BCUT2D eigenvalue weighted by atomic mass is 9.97. The van der Waals surface area contributed by atoms with Gasteiger partial charge in [-0.1, -0.05) is 12.1 Å². The smallest absolute Gasteiger partial charge is 0.253 e. The van der Waals surface area contributed by atoms with Gasteiger partial charge in [-0.3, -0.25) is 9.78 Å². The number of nitrogens with zero attached hydrogens (tertiary/aromatic N) is 2. The third-order valence-corrected chi connectivity index (χ3v) is 6.95. The van der Waals surface area contributed by atoms with Gasteiger partial charge in [0.15, 0.2) is 0 Å². The molecule has 6 nitrogen and oxygen atoms in total. The fourth-order valence-electron chi connectivity index (χ4n) is 2.99. The quantitative estimate of drug-likeness (QED) is 0.779. The van der Waals surface area contributed by atoms with Crippen LogP contribution in [0.4, 0.5) is 0 Å². The van der Waals surface area contributed by atoms with Gasteiger partial charge in [0.2, 0.25) is 10.0 Å². The fraction of sp³-hybridized carbons (Fsp3) is 0.333. The fourth-order valence-corrected chi connectivity index (χ4v) is 5.10. The lowest BCUT2D eigenvalue weighted by Crippen LogP contribution is -2.41. The van der Waals surface area contributed by atoms with Crippen LogP contribution in [0.5, 0.6) is 0 Å². The molecular weight excluding hydrogens is 418 g/mol. The molecule has 0 saturated carbocycles. The van der Waals surface area contributed by atoms with Crippen molar-refractivity contribution >= 4 is 31.9 Å². The van der Waals surface area contributed by atoms with Crippen LogP contribution in [0.2, 0.25) is 0 Å². The Balaban J connectivity index is 1.53. The van der Waals surface area contributed by atoms with Crippen molar-refractivity contribution < 1.29 is 13.2 Å². The van der Waals surface area contributed by atoms with Gasteiger partial charge < -0.3 is 4.90 Å². The molecule has 1 fully saturated rings. The molecule has 138 valence electrons. The molecule has 0 radical (unpaired) electrons. The molecule has 0 aliphatic carbocycles. The number of likely N-dealkylation sites (tertiary alicyclic amines) is 1. The van der Waals surface area contributed by atoms with Crippen LogP contribution in [-0.4, -0.2) is 43.8 Å². The standard InChI is InChI=1S/C18H20BrN3O3S/c19-16-3-1-2-4-17(16)26(24,25)21-13-14-7-11-22(12-8-14)18(23)15-5-9-20-10-6-15/h1-6,9-10,14,21H,7-8,11-13H2. The first-order valence-corrected chi connectivity index (χ1v) is 10.7. The van der Waals surface area contributed by atoms with E-state index in [4.69, 9.17) is 0 Å². The summed E-state index contributed by atoms with van der Waals surface area (Å²) < 4.78 is 28.1. The van der Waals surface area contributed by atoms with E-state index in [2.05, 4.69) is 25.6 Å². The van der Waals surface area contributed by atoms with E-state index in [0.29, 0.717) is 29.7 Å². The number of halogens is 1. The summed E-state index contributed by atoms with van der Waals surface area (Å²) in [6.07, 6.45) is 4.76. The van der Waals surface area contributed by atoms with Crippen LogP contribution < -0.4 is 4.72 Å². The van der Waals surface area contributed by atoms with E-state index in [1.807, 2.05) is 4.90 Å². The van der Waals surface area contributed by atoms with E-state index < -0.39 is 10.0 Å². The van der Waals surface area contributed by atoms with Crippen LogP contribution in [0.1, 0.15) is 23.2 Å². The second-order valence-corrected chi connectivity index (χ2v) is 8.84. The molecule has 1 aromatic carbocycles. The van der Waals surface area contributed by atoms with E-state index in [1.54, 1.807) is 48.8 Å². The van der Waals surface area contributed by atoms with E-state index in [1.165, 1.54) is 0 Å². The zero-order valence-electron chi connectivity index (χ0n) is 14.1. The molecule has 0 bridgehead atoms. The molecule has 2 aromatic rings. The normalized spacial score (nSPS) is 15.8. The van der Waals surface area contributed by atoms with Crippen molar-refractivity contribution in [1.82, 2.24) is 14.6 Å². The number of rotatable bonds is 5. The van der Waals surface area contributed by atoms with Gasteiger partial charge in [0.05, 0.1) is 4.90 Å². The molecule has 1 aliphatic rings. The van der Waals surface area contributed by atoms with Gasteiger partial charge in [-0.05, 0) is 59.0 Å². The van der Waals surface area contributed by atoms with Gasteiger partial charge in [0, 0.05) is 42.1 Å². The lowest BCUT2D eigenvalue weighted by molar-refractivity contribution is 0.0692. The van der Waals surface area contributed by atoms with Crippen LogP contribution in [-0.2, 0) is 10.0 Å². The van der Waals surface area contributed by atoms with Crippen LogP contribution >= 0.6 is 15.9 Å². The first kappa shape index (κ1) is 19.0. The van der Waals surface area contributed by atoms with Gasteiger partial charge in [-0.2, -0.15) is 0 Å². The molecule has 1 aromatic heterocycles. The number of benzene rings is 1. The molecular formula is C18H20BrN3O3S. The van der Waals surface area contributed by atoms with E-state index >= 15 is 0 Å². The summed E-state index contributed by atoms with van der Waals surface area (Å²) in [5.41, 5.74) is 0.632. The number of hydrogen-bond donors (Lipinski definition) is 1. The lowest BCUT2D eigenvalue weighted by Gasteiger charge is -2.32. The Labute approximate surface area is 161 Å². The highest BCUT2D eigenvalue weighted by Crippen LogP contribution is 2.22. The molecule has 3 rings (SSSR count). The van der Waals surface area contributed by atoms with Crippen LogP contribution in [0.25, 0.3) is 0 Å². The highest BCUT2D eigenvalue weighted by molar-refractivity contribution is 9.10. The molecule has 1 amide bonds. The minimum atomic E-state index is -3.55. The number of carbonyl (C=O) groups excluding carboxylic acids is 1. The zero-order chi connectivity index (χ0) is 18.6. The average molecular weight is 438 g/mol. The number of hydrogen-bond acceptors (Lipinski definition) is 4. The summed E-state index contributed by atoms with van der Waals surface area (Å²) >= 11 is 3.28. The summed E-state index contributed by atoms with van der Waals surface area (Å²) in [6, 6.07) is 10.2. The highest BCUT2D eigenvalue weighted by Gasteiger charge is 2.25. The van der Waals surface area contributed by atoms with Crippen LogP contribution in [0.3, 0.4) is 0 Å². The number of nitrogens with one attached hydrogen (secondary N) is 1. The number of carbonyl (C=O) groups is 1. The van der Waals surface area contributed by atoms with Gasteiger partial charge in [-0.25, -0.2) is 13.1 Å². The number of amides is 1. The number of sulfonamides is 1. The zero-order valence-corrected chi connectivity index (χ0v) is 16.5. The van der Waals surface area contributed by atoms with Crippen molar-refractivity contribution in [3.05, 3.63) is 58.8 Å². The second-order valence-electron chi connectivity index (χ2n) is 6.25. The summed E-state index contributed by atoms with van der Waals surface area (Å²) in [7, 11) is -3.55. The molecule has 1 saturated heterocycles. The Morgan fingerprint density at radius 1 is 1.15 bits per heavy atom. The predicted molar refractivity (Wildman–Crippen MR) is 102 cm³/mol. The van der Waals surface area contributed by atoms with E-state index in [0.717, 1.165) is 12.8 Å². The SMILES string of the molecule is O=C(c1ccncc1)N1CCC(CNS(=O)(=O)c2ccccc2Br)CC1. The van der Waals surface area contributed by atoms with Crippen molar-refractivity contribution in [1.29, 1.82) is 0 Å². The summed E-state index contributed by atoms with van der Waals surface area (Å²) in [6.45, 7) is 1.63. The van der Waals surface area contributed by atoms with E-state index in [9.17, 15) is 13.2 Å². The Morgan fingerprint density at radius 3 is 2.46 bits per heavy atom. The van der Waals surface area contributed by atoms with Gasteiger partial charge >= 0.3 is 0 Å². The number of aromatic nitrogens is 1. The number of pyridine rings is 1. The van der Waals surface area contributed by atoms with Crippen LogP contribution in [0.15, 0.2) is 58.2 Å². The van der Waals surface area contributed by atoms with Gasteiger partial charge in [0.1, 0.15) is 0 Å². The predicted octanol–water partition coefficient (Wildman–Crippen LogP) is 2.67. The Kier molecular flexibility index (Phi) is 6.05. The maximum Gasteiger partial charge on any atom is 0.253 e. The monoisotopic (exact) mass is 437 g/mol. The van der Waals surface area contributed by atoms with Gasteiger partial charge in [0.25, 0.3) is 5.91 Å². The molecule has 8 heteroatoms. The maximum atomic E-state index is 12.4. The summed E-state index contributed by atoms with van der Waals surface area (Å²) in [5, 5.41) is 0. The first-order chi connectivity index (χ1) is 12.5. The average Bonchev–Trinajstić information content (AvgIpc) is 2.67. The molecule has 1 N–H and O–H groups in total. The molecule has 26 heavy (non-hydrogen) atoms. The topological polar surface area (TPSA) is 79.4 Å². The van der Waals surface area contributed by atoms with Gasteiger partial charge in [-0.15, -0.1) is 0 Å². The summed E-state index contributed by atoms with van der Waals surface area (Å²) in [4.78, 5) is 18.4. The second kappa shape index (κ2) is 8.28. The molecule has 0 spiro atoms. The Bertz CT molecular complexity index is 866.